The van der Waals surface area contributed by atoms with Gasteiger partial charge in [-0.25, -0.2) is 8.78 Å². The summed E-state index contributed by atoms with van der Waals surface area (Å²) < 4.78 is 26.1. The normalized spacial score (nSPS) is 14.6. The fourth-order valence-electron chi connectivity index (χ4n) is 1.63. The number of benzene rings is 1. The van der Waals surface area contributed by atoms with E-state index >= 15 is 0 Å². The Morgan fingerprint density at radius 3 is 2.83 bits per heavy atom. The first-order valence-electron chi connectivity index (χ1n) is 6.06. The molecule has 0 aliphatic heterocycles. The fraction of sp³-hybridized carbons (Fsp3) is 0.462. The van der Waals surface area contributed by atoms with Crippen LogP contribution in [0.3, 0.4) is 0 Å². The molecule has 2 rings (SSSR count). The maximum absolute atomic E-state index is 13.2. The molecule has 2 N–H and O–H groups in total. The molecule has 3 nitrogen and oxygen atoms in total. The summed E-state index contributed by atoms with van der Waals surface area (Å²) >= 11 is 0. The van der Waals surface area contributed by atoms with Gasteiger partial charge in [-0.2, -0.15) is 0 Å². The number of carbonyl (C=O) groups is 1. The first-order chi connectivity index (χ1) is 8.65. The molecule has 0 bridgehead atoms. The van der Waals surface area contributed by atoms with Gasteiger partial charge >= 0.3 is 0 Å². The molecule has 1 aliphatic rings. The van der Waals surface area contributed by atoms with E-state index in [1.807, 2.05) is 0 Å². The lowest BCUT2D eigenvalue weighted by Gasteiger charge is -2.07. The molecule has 0 atom stereocenters. The average Bonchev–Trinajstić information content (AvgIpc) is 3.15. The van der Waals surface area contributed by atoms with Crippen LogP contribution in [0.2, 0.25) is 0 Å². The van der Waals surface area contributed by atoms with Gasteiger partial charge in [0.25, 0.3) is 0 Å². The maximum atomic E-state index is 13.2. The largest absolute Gasteiger partial charge is 0.355 e. The van der Waals surface area contributed by atoms with E-state index in [-0.39, 0.29) is 24.6 Å². The molecule has 1 fully saturated rings. The Morgan fingerprint density at radius 1 is 1.33 bits per heavy atom. The Hall–Kier alpha value is -1.49. The molecule has 5 heteroatoms. The van der Waals surface area contributed by atoms with Gasteiger partial charge in [0.1, 0.15) is 11.6 Å². The summed E-state index contributed by atoms with van der Waals surface area (Å²) in [7, 11) is 0. The number of rotatable bonds is 6. The molecule has 0 heterocycles. The molecule has 18 heavy (non-hydrogen) atoms. The lowest BCUT2D eigenvalue weighted by atomic mass is 10.2. The third-order valence-electron chi connectivity index (χ3n) is 2.89. The number of nitrogens with one attached hydrogen (secondary N) is 2. The Labute approximate surface area is 105 Å². The summed E-state index contributed by atoms with van der Waals surface area (Å²) in [6.45, 7) is 0.970. The van der Waals surface area contributed by atoms with E-state index in [9.17, 15) is 13.6 Å². The average molecular weight is 254 g/mol. The molecular weight excluding hydrogens is 238 g/mol. The van der Waals surface area contributed by atoms with Crippen LogP contribution in [0.15, 0.2) is 18.2 Å². The minimum absolute atomic E-state index is 0.112. The maximum Gasteiger partial charge on any atom is 0.233 e. The summed E-state index contributed by atoms with van der Waals surface area (Å²) in [6, 6.07) is 3.28. The van der Waals surface area contributed by atoms with Gasteiger partial charge in [0, 0.05) is 18.7 Å². The molecule has 1 aromatic rings. The third-order valence-corrected chi connectivity index (χ3v) is 2.89. The second kappa shape index (κ2) is 5.91. The van der Waals surface area contributed by atoms with Gasteiger partial charge < -0.3 is 10.6 Å². The van der Waals surface area contributed by atoms with Gasteiger partial charge in [0.05, 0.1) is 6.54 Å². The smallest absolute Gasteiger partial charge is 0.233 e. The van der Waals surface area contributed by atoms with E-state index in [4.69, 9.17) is 0 Å². The predicted molar refractivity (Wildman–Crippen MR) is 63.8 cm³/mol. The van der Waals surface area contributed by atoms with Crippen molar-refractivity contribution in [1.29, 1.82) is 0 Å². The Balaban J connectivity index is 1.70. The van der Waals surface area contributed by atoms with Gasteiger partial charge in [-0.05, 0) is 37.0 Å². The monoisotopic (exact) mass is 254 g/mol. The zero-order chi connectivity index (χ0) is 13.0. The van der Waals surface area contributed by atoms with Crippen LogP contribution in [0.5, 0.6) is 0 Å². The van der Waals surface area contributed by atoms with Crippen molar-refractivity contribution in [3.63, 3.8) is 0 Å². The highest BCUT2D eigenvalue weighted by Gasteiger charge is 2.21. The van der Waals surface area contributed by atoms with Crippen molar-refractivity contribution in [3.8, 4) is 0 Å². The fourth-order valence-corrected chi connectivity index (χ4v) is 1.63. The van der Waals surface area contributed by atoms with Crippen molar-refractivity contribution < 1.29 is 13.6 Å². The molecule has 0 aromatic heterocycles. The lowest BCUT2D eigenvalue weighted by molar-refractivity contribution is -0.120. The molecule has 0 saturated heterocycles. The summed E-state index contributed by atoms with van der Waals surface area (Å²) in [6.07, 6.45) is 2.37. The van der Waals surface area contributed by atoms with Gasteiger partial charge in [0.15, 0.2) is 0 Å². The lowest BCUT2D eigenvalue weighted by Crippen LogP contribution is -2.34. The van der Waals surface area contributed by atoms with E-state index in [1.165, 1.54) is 12.8 Å². The topological polar surface area (TPSA) is 41.1 Å². The van der Waals surface area contributed by atoms with E-state index in [2.05, 4.69) is 10.6 Å². The number of hydrogen-bond acceptors (Lipinski definition) is 2. The van der Waals surface area contributed by atoms with E-state index < -0.39 is 11.6 Å². The molecule has 0 unspecified atom stereocenters. The third kappa shape index (κ3) is 4.07. The van der Waals surface area contributed by atoms with E-state index in [0.29, 0.717) is 5.92 Å². The first kappa shape index (κ1) is 13.0. The first-order valence-corrected chi connectivity index (χ1v) is 6.06. The number of carbonyl (C=O) groups excluding carboxylic acids is 1. The molecule has 0 radical (unpaired) electrons. The Morgan fingerprint density at radius 2 is 2.11 bits per heavy atom. The van der Waals surface area contributed by atoms with Crippen LogP contribution in [0, 0.1) is 17.6 Å². The van der Waals surface area contributed by atoms with Crippen molar-refractivity contribution in [2.45, 2.75) is 19.4 Å². The van der Waals surface area contributed by atoms with Gasteiger partial charge in [-0.1, -0.05) is 0 Å². The standard InChI is InChI=1S/C13H16F2N2O/c14-11-3-4-12(15)10(5-11)7-16-8-13(18)17-6-9-1-2-9/h3-5,9,16H,1-2,6-8H2,(H,17,18). The number of hydrogen-bond donors (Lipinski definition) is 2. The zero-order valence-corrected chi connectivity index (χ0v) is 10.0. The summed E-state index contributed by atoms with van der Waals surface area (Å²) in [5.41, 5.74) is 0.227. The molecule has 0 spiro atoms. The molecule has 1 aromatic carbocycles. The highest BCUT2D eigenvalue weighted by Crippen LogP contribution is 2.27. The molecule has 1 amide bonds. The van der Waals surface area contributed by atoms with Crippen LogP contribution >= 0.6 is 0 Å². The Bertz CT molecular complexity index is 433. The number of amides is 1. The van der Waals surface area contributed by atoms with Gasteiger partial charge in [0.2, 0.25) is 5.91 Å². The Kier molecular flexibility index (Phi) is 4.25. The SMILES string of the molecule is O=C(CNCc1cc(F)ccc1F)NCC1CC1. The van der Waals surface area contributed by atoms with Crippen LogP contribution in [0.25, 0.3) is 0 Å². The van der Waals surface area contributed by atoms with Crippen LogP contribution in [-0.4, -0.2) is 19.0 Å². The summed E-state index contributed by atoms with van der Waals surface area (Å²) in [4.78, 5) is 11.4. The number of halogens is 2. The zero-order valence-electron chi connectivity index (χ0n) is 10.0. The van der Waals surface area contributed by atoms with Gasteiger partial charge in [-0.3, -0.25) is 4.79 Å². The predicted octanol–water partition coefficient (Wildman–Crippen LogP) is 1.58. The van der Waals surface area contributed by atoms with Crippen LogP contribution in [-0.2, 0) is 11.3 Å². The highest BCUT2D eigenvalue weighted by atomic mass is 19.1. The molecule has 98 valence electrons. The second-order valence-electron chi connectivity index (χ2n) is 4.59. The van der Waals surface area contributed by atoms with Crippen LogP contribution < -0.4 is 10.6 Å². The minimum Gasteiger partial charge on any atom is -0.355 e. The molecule has 1 saturated carbocycles. The summed E-state index contributed by atoms with van der Waals surface area (Å²) in [5.74, 6) is -0.429. The molecule has 1 aliphatic carbocycles. The second-order valence-corrected chi connectivity index (χ2v) is 4.59. The summed E-state index contributed by atoms with van der Waals surface area (Å²) in [5, 5.41) is 5.58. The van der Waals surface area contributed by atoms with Crippen LogP contribution in [0.4, 0.5) is 8.78 Å². The van der Waals surface area contributed by atoms with Crippen molar-refractivity contribution in [1.82, 2.24) is 10.6 Å². The van der Waals surface area contributed by atoms with E-state index in [1.54, 1.807) is 0 Å². The highest BCUT2D eigenvalue weighted by molar-refractivity contribution is 5.77. The minimum atomic E-state index is -0.480. The van der Waals surface area contributed by atoms with Crippen LogP contribution in [0.1, 0.15) is 18.4 Å². The van der Waals surface area contributed by atoms with E-state index in [0.717, 1.165) is 24.7 Å². The van der Waals surface area contributed by atoms with Crippen molar-refractivity contribution >= 4 is 5.91 Å². The quantitative estimate of drug-likeness (QED) is 0.809. The van der Waals surface area contributed by atoms with Crippen molar-refractivity contribution in [3.05, 3.63) is 35.4 Å². The van der Waals surface area contributed by atoms with Crippen molar-refractivity contribution in [2.24, 2.45) is 5.92 Å². The molecular formula is C13H16F2N2O. The van der Waals surface area contributed by atoms with Crippen molar-refractivity contribution in [2.75, 3.05) is 13.1 Å². The van der Waals surface area contributed by atoms with Gasteiger partial charge in [-0.15, -0.1) is 0 Å².